The molecule has 5 rings (SSSR count). The SMILES string of the molecule is C[C@@H]1CC2CC(=NO[C@@H]3CCNC3)CC[C@]2(C)[C@H]2CC[C@]3(C)C(=O)CC[C@H]3[C@H]12.Cl. The number of halogens is 1. The van der Waals surface area contributed by atoms with Crippen molar-refractivity contribution in [1.29, 1.82) is 0 Å². The first kappa shape index (κ1) is 21.6. The fraction of sp³-hybridized carbons (Fsp3) is 0.917. The molecule has 1 unspecified atom stereocenters. The van der Waals surface area contributed by atoms with Crippen LogP contribution < -0.4 is 5.32 Å². The standard InChI is InChI=1S/C24H38N2O2.ClH/c1-15-12-16-13-17(26-28-18-8-11-25-14-18)6-9-23(16,2)20-7-10-24(3)19(22(15)20)4-5-21(24)27;/h15-16,18-20,22,25H,4-14H2,1-3H3;1H/t15-,16?,18-,19+,20+,22+,23+,24+;/m1./s1. The number of rotatable bonds is 2. The summed E-state index contributed by atoms with van der Waals surface area (Å²) in [7, 11) is 0. The van der Waals surface area contributed by atoms with E-state index in [0.717, 1.165) is 75.3 Å². The lowest BCUT2D eigenvalue weighted by atomic mass is 9.43. The summed E-state index contributed by atoms with van der Waals surface area (Å²) in [5.41, 5.74) is 1.72. The Morgan fingerprint density at radius 2 is 1.93 bits per heavy atom. The van der Waals surface area contributed by atoms with E-state index < -0.39 is 0 Å². The molecule has 0 spiro atoms. The Labute approximate surface area is 182 Å². The van der Waals surface area contributed by atoms with E-state index >= 15 is 0 Å². The lowest BCUT2D eigenvalue weighted by molar-refractivity contribution is -0.143. The number of hydrogen-bond donors (Lipinski definition) is 1. The first-order valence-electron chi connectivity index (χ1n) is 11.9. The van der Waals surface area contributed by atoms with Gasteiger partial charge in [0.05, 0.1) is 5.71 Å². The molecule has 4 saturated carbocycles. The molecule has 0 aromatic rings. The molecule has 4 aliphatic carbocycles. The van der Waals surface area contributed by atoms with E-state index in [2.05, 4.69) is 31.2 Å². The topological polar surface area (TPSA) is 50.7 Å². The van der Waals surface area contributed by atoms with Gasteiger partial charge < -0.3 is 10.2 Å². The molecular formula is C24H39ClN2O2. The van der Waals surface area contributed by atoms with Crippen molar-refractivity contribution in [3.05, 3.63) is 0 Å². The summed E-state index contributed by atoms with van der Waals surface area (Å²) in [6.07, 6.45) is 10.5. The van der Waals surface area contributed by atoms with Crippen molar-refractivity contribution in [2.75, 3.05) is 13.1 Å². The third-order valence-corrected chi connectivity index (χ3v) is 9.91. The molecule has 0 aromatic carbocycles. The fourth-order valence-corrected chi connectivity index (χ4v) is 8.16. The third kappa shape index (κ3) is 3.37. The zero-order chi connectivity index (χ0) is 19.5. The molecule has 0 aromatic heterocycles. The Kier molecular flexibility index (Phi) is 5.83. The maximum Gasteiger partial charge on any atom is 0.141 e. The normalized spacial score (nSPS) is 50.4. The molecule has 0 amide bonds. The van der Waals surface area contributed by atoms with Crippen LogP contribution in [0.1, 0.15) is 78.6 Å². The molecule has 0 bridgehead atoms. The molecule has 29 heavy (non-hydrogen) atoms. The lowest BCUT2D eigenvalue weighted by Gasteiger charge is -2.61. The average molecular weight is 423 g/mol. The summed E-state index contributed by atoms with van der Waals surface area (Å²) in [6, 6.07) is 0. The van der Waals surface area contributed by atoms with Gasteiger partial charge in [-0.05, 0) is 86.5 Å². The van der Waals surface area contributed by atoms with Gasteiger partial charge in [-0.1, -0.05) is 25.9 Å². The van der Waals surface area contributed by atoms with Crippen LogP contribution in [0.15, 0.2) is 5.16 Å². The molecule has 8 atom stereocenters. The highest BCUT2D eigenvalue weighted by Gasteiger charge is 2.61. The quantitative estimate of drug-likeness (QED) is 0.637. The van der Waals surface area contributed by atoms with Crippen LogP contribution in [-0.2, 0) is 9.63 Å². The Hall–Kier alpha value is -0.610. The smallest absolute Gasteiger partial charge is 0.141 e. The molecule has 1 saturated heterocycles. The maximum atomic E-state index is 12.7. The van der Waals surface area contributed by atoms with Crippen molar-refractivity contribution in [2.45, 2.75) is 84.7 Å². The fourth-order valence-electron chi connectivity index (χ4n) is 8.16. The highest BCUT2D eigenvalue weighted by atomic mass is 35.5. The average Bonchev–Trinajstić information content (AvgIpc) is 3.29. The number of fused-ring (bicyclic) bond motifs is 5. The minimum absolute atomic E-state index is 0. The zero-order valence-electron chi connectivity index (χ0n) is 18.4. The number of carbonyl (C=O) groups is 1. The second kappa shape index (κ2) is 7.82. The van der Waals surface area contributed by atoms with Crippen LogP contribution in [0.3, 0.4) is 0 Å². The lowest BCUT2D eigenvalue weighted by Crippen LogP contribution is -2.56. The Bertz CT molecular complexity index is 676. The molecule has 4 nitrogen and oxygen atoms in total. The van der Waals surface area contributed by atoms with Crippen LogP contribution in [0.2, 0.25) is 0 Å². The second-order valence-electron chi connectivity index (χ2n) is 11.2. The van der Waals surface area contributed by atoms with Crippen molar-refractivity contribution in [3.8, 4) is 0 Å². The number of oxime groups is 1. The van der Waals surface area contributed by atoms with E-state index in [9.17, 15) is 4.79 Å². The molecule has 1 aliphatic heterocycles. The molecule has 1 N–H and O–H groups in total. The maximum absolute atomic E-state index is 12.7. The van der Waals surface area contributed by atoms with Crippen molar-refractivity contribution in [3.63, 3.8) is 0 Å². The van der Waals surface area contributed by atoms with Crippen LogP contribution in [0, 0.1) is 40.4 Å². The van der Waals surface area contributed by atoms with Gasteiger partial charge in [0.1, 0.15) is 11.9 Å². The number of Topliss-reactive ketones (excluding diaryl/α,β-unsaturated/α-hetero) is 1. The van der Waals surface area contributed by atoms with Crippen LogP contribution >= 0.6 is 12.4 Å². The Morgan fingerprint density at radius 3 is 2.69 bits per heavy atom. The largest absolute Gasteiger partial charge is 0.391 e. The molecular weight excluding hydrogens is 384 g/mol. The van der Waals surface area contributed by atoms with Crippen molar-refractivity contribution in [1.82, 2.24) is 5.32 Å². The molecule has 1 heterocycles. The minimum atomic E-state index is -0.0108. The van der Waals surface area contributed by atoms with Gasteiger partial charge in [0, 0.05) is 24.8 Å². The van der Waals surface area contributed by atoms with Crippen molar-refractivity contribution < 1.29 is 9.63 Å². The summed E-state index contributed by atoms with van der Waals surface area (Å²) >= 11 is 0. The highest BCUT2D eigenvalue weighted by molar-refractivity contribution is 5.87. The van der Waals surface area contributed by atoms with Gasteiger partial charge in [-0.3, -0.25) is 4.79 Å². The summed E-state index contributed by atoms with van der Waals surface area (Å²) in [6.45, 7) is 9.36. The summed E-state index contributed by atoms with van der Waals surface area (Å²) in [4.78, 5) is 18.5. The zero-order valence-corrected chi connectivity index (χ0v) is 19.2. The van der Waals surface area contributed by atoms with Gasteiger partial charge in [-0.15, -0.1) is 12.4 Å². The van der Waals surface area contributed by atoms with E-state index in [0.29, 0.717) is 17.1 Å². The third-order valence-electron chi connectivity index (χ3n) is 9.91. The second-order valence-corrected chi connectivity index (χ2v) is 11.2. The summed E-state index contributed by atoms with van der Waals surface area (Å²) in [5, 5.41) is 7.98. The Morgan fingerprint density at radius 1 is 1.10 bits per heavy atom. The highest BCUT2D eigenvalue weighted by Crippen LogP contribution is 2.66. The van der Waals surface area contributed by atoms with E-state index in [1.54, 1.807) is 0 Å². The molecule has 0 radical (unpaired) electrons. The van der Waals surface area contributed by atoms with Crippen molar-refractivity contribution in [2.24, 2.45) is 45.6 Å². The molecule has 5 fully saturated rings. The first-order chi connectivity index (χ1) is 13.4. The van der Waals surface area contributed by atoms with Gasteiger partial charge in [-0.2, -0.15) is 0 Å². The molecule has 164 valence electrons. The number of hydrogen-bond acceptors (Lipinski definition) is 4. The van der Waals surface area contributed by atoms with Gasteiger partial charge >= 0.3 is 0 Å². The van der Waals surface area contributed by atoms with E-state index in [-0.39, 0.29) is 23.9 Å². The number of nitrogens with one attached hydrogen (secondary N) is 1. The van der Waals surface area contributed by atoms with Gasteiger partial charge in [0.25, 0.3) is 0 Å². The Balaban J connectivity index is 0.00000205. The van der Waals surface area contributed by atoms with E-state index in [1.807, 2.05) is 0 Å². The van der Waals surface area contributed by atoms with Crippen LogP contribution in [0.5, 0.6) is 0 Å². The minimum Gasteiger partial charge on any atom is -0.391 e. The van der Waals surface area contributed by atoms with Crippen LogP contribution in [0.4, 0.5) is 0 Å². The first-order valence-corrected chi connectivity index (χ1v) is 11.9. The van der Waals surface area contributed by atoms with Gasteiger partial charge in [0.15, 0.2) is 0 Å². The van der Waals surface area contributed by atoms with E-state index in [1.165, 1.54) is 25.0 Å². The number of nitrogens with zero attached hydrogens (tertiary/aromatic N) is 1. The predicted octanol–water partition coefficient (Wildman–Crippen LogP) is 5.00. The monoisotopic (exact) mass is 422 g/mol. The molecule has 5 aliphatic rings. The molecule has 5 heteroatoms. The van der Waals surface area contributed by atoms with Gasteiger partial charge in [0.2, 0.25) is 0 Å². The predicted molar refractivity (Wildman–Crippen MR) is 118 cm³/mol. The summed E-state index contributed by atoms with van der Waals surface area (Å²) < 4.78 is 0. The van der Waals surface area contributed by atoms with E-state index in [4.69, 9.17) is 4.84 Å². The summed E-state index contributed by atoms with van der Waals surface area (Å²) in [5.74, 6) is 4.23. The van der Waals surface area contributed by atoms with Crippen LogP contribution in [-0.4, -0.2) is 30.7 Å². The number of carbonyl (C=O) groups excluding carboxylic acids is 1. The van der Waals surface area contributed by atoms with Crippen molar-refractivity contribution >= 4 is 23.9 Å². The number of ketones is 1. The van der Waals surface area contributed by atoms with Crippen LogP contribution in [0.25, 0.3) is 0 Å². The van der Waals surface area contributed by atoms with Gasteiger partial charge in [-0.25, -0.2) is 0 Å².